The summed E-state index contributed by atoms with van der Waals surface area (Å²) in [6, 6.07) is 9.76. The fourth-order valence-electron chi connectivity index (χ4n) is 2.42. The number of hydrogen-bond acceptors (Lipinski definition) is 3. The van der Waals surface area contributed by atoms with Crippen LogP contribution in [0.25, 0.3) is 11.3 Å². The van der Waals surface area contributed by atoms with Gasteiger partial charge >= 0.3 is 0 Å². The van der Waals surface area contributed by atoms with Gasteiger partial charge in [0.2, 0.25) is 0 Å². The minimum absolute atomic E-state index is 0.155. The predicted octanol–water partition coefficient (Wildman–Crippen LogP) is 3.04. The fraction of sp³-hybridized carbons (Fsp3) is 0.235. The normalized spacial score (nSPS) is 10.8. The molecular weight excluding hydrogens is 326 g/mol. The van der Waals surface area contributed by atoms with Crippen molar-refractivity contribution in [3.8, 4) is 11.3 Å². The van der Waals surface area contributed by atoms with Crippen LogP contribution < -0.4 is 0 Å². The van der Waals surface area contributed by atoms with Crippen molar-refractivity contribution in [2.75, 3.05) is 7.05 Å². The maximum Gasteiger partial charge on any atom is 0.271 e. The lowest BCUT2D eigenvalue weighted by Gasteiger charge is -2.16. The third kappa shape index (κ3) is 3.19. The van der Waals surface area contributed by atoms with Crippen LogP contribution in [0.15, 0.2) is 36.5 Å². The zero-order chi connectivity index (χ0) is 17.3. The number of aryl methyl sites for hydroxylation is 2. The van der Waals surface area contributed by atoms with Crippen molar-refractivity contribution in [1.29, 1.82) is 0 Å². The van der Waals surface area contributed by atoms with Gasteiger partial charge < -0.3 is 4.90 Å². The Kier molecular flexibility index (Phi) is 4.40. The summed E-state index contributed by atoms with van der Waals surface area (Å²) in [7, 11) is 3.52. The second-order valence-corrected chi connectivity index (χ2v) is 6.16. The number of aromatic nitrogens is 4. The Hall–Kier alpha value is -2.60. The van der Waals surface area contributed by atoms with Gasteiger partial charge in [-0.15, -0.1) is 0 Å². The number of halogens is 1. The highest BCUT2D eigenvalue weighted by Gasteiger charge is 2.18. The third-order valence-electron chi connectivity index (χ3n) is 3.90. The SMILES string of the molecule is Cc1ccc(-c2cc(C(=O)N(C)Cc3c(Cl)cnn3C)[nH]n2)cc1. The number of hydrogen-bond donors (Lipinski definition) is 1. The first-order chi connectivity index (χ1) is 11.5. The molecule has 1 N–H and O–H groups in total. The molecule has 1 aromatic carbocycles. The molecule has 7 heteroatoms. The lowest BCUT2D eigenvalue weighted by molar-refractivity contribution is 0.0776. The van der Waals surface area contributed by atoms with Gasteiger partial charge in [-0.25, -0.2) is 0 Å². The molecule has 2 aromatic heterocycles. The molecule has 0 aliphatic carbocycles. The Morgan fingerprint density at radius 1 is 1.33 bits per heavy atom. The van der Waals surface area contributed by atoms with Crippen LogP contribution in [0.4, 0.5) is 0 Å². The lowest BCUT2D eigenvalue weighted by Crippen LogP contribution is -2.27. The summed E-state index contributed by atoms with van der Waals surface area (Å²) in [6.45, 7) is 2.40. The molecule has 0 radical (unpaired) electrons. The number of benzene rings is 1. The van der Waals surface area contributed by atoms with E-state index in [9.17, 15) is 4.79 Å². The van der Waals surface area contributed by atoms with Gasteiger partial charge in [-0.3, -0.25) is 14.6 Å². The van der Waals surface area contributed by atoms with Crippen molar-refractivity contribution >= 4 is 17.5 Å². The smallest absolute Gasteiger partial charge is 0.271 e. The molecule has 3 rings (SSSR count). The van der Waals surface area contributed by atoms with E-state index in [0.29, 0.717) is 17.3 Å². The minimum atomic E-state index is -0.155. The van der Waals surface area contributed by atoms with Crippen LogP contribution in [0.1, 0.15) is 21.7 Å². The largest absolute Gasteiger partial charge is 0.334 e. The van der Waals surface area contributed by atoms with E-state index < -0.39 is 0 Å². The summed E-state index contributed by atoms with van der Waals surface area (Å²) < 4.78 is 1.66. The first kappa shape index (κ1) is 16.3. The van der Waals surface area contributed by atoms with Gasteiger partial charge in [0.15, 0.2) is 0 Å². The molecule has 0 unspecified atom stereocenters. The highest BCUT2D eigenvalue weighted by Crippen LogP contribution is 2.20. The molecule has 0 saturated carbocycles. The molecule has 0 fully saturated rings. The van der Waals surface area contributed by atoms with Crippen molar-refractivity contribution in [2.24, 2.45) is 7.05 Å². The van der Waals surface area contributed by atoms with Crippen LogP contribution in [0.3, 0.4) is 0 Å². The van der Waals surface area contributed by atoms with Gasteiger partial charge in [0.05, 0.1) is 29.2 Å². The van der Waals surface area contributed by atoms with Gasteiger partial charge in [-0.2, -0.15) is 10.2 Å². The second-order valence-electron chi connectivity index (χ2n) is 5.76. The average Bonchev–Trinajstić information content (AvgIpc) is 3.17. The number of nitrogens with one attached hydrogen (secondary N) is 1. The average molecular weight is 344 g/mol. The summed E-state index contributed by atoms with van der Waals surface area (Å²) in [5.74, 6) is -0.155. The monoisotopic (exact) mass is 343 g/mol. The molecule has 0 spiro atoms. The van der Waals surface area contributed by atoms with E-state index in [-0.39, 0.29) is 5.91 Å². The molecule has 1 amide bonds. The Balaban J connectivity index is 1.77. The highest BCUT2D eigenvalue weighted by atomic mass is 35.5. The molecule has 0 atom stereocenters. The molecule has 0 aliphatic rings. The summed E-state index contributed by atoms with van der Waals surface area (Å²) in [6.07, 6.45) is 1.57. The quantitative estimate of drug-likeness (QED) is 0.791. The molecule has 3 aromatic rings. The van der Waals surface area contributed by atoms with E-state index in [1.165, 1.54) is 5.56 Å². The first-order valence-corrected chi connectivity index (χ1v) is 7.88. The van der Waals surface area contributed by atoms with Crippen molar-refractivity contribution in [2.45, 2.75) is 13.5 Å². The molecular formula is C17H18ClN5O. The molecule has 6 nitrogen and oxygen atoms in total. The number of nitrogens with zero attached hydrogens (tertiary/aromatic N) is 4. The molecule has 2 heterocycles. The van der Waals surface area contributed by atoms with Gasteiger partial charge in [-0.1, -0.05) is 41.4 Å². The number of carbonyl (C=O) groups excluding carboxylic acids is 1. The minimum Gasteiger partial charge on any atom is -0.334 e. The van der Waals surface area contributed by atoms with E-state index in [1.54, 1.807) is 35.9 Å². The van der Waals surface area contributed by atoms with Crippen LogP contribution >= 0.6 is 11.6 Å². The molecule has 24 heavy (non-hydrogen) atoms. The summed E-state index contributed by atoms with van der Waals surface area (Å²) in [5.41, 5.74) is 4.11. The van der Waals surface area contributed by atoms with Gasteiger partial charge in [0.25, 0.3) is 5.91 Å². The van der Waals surface area contributed by atoms with Crippen LogP contribution in [0.2, 0.25) is 5.02 Å². The number of rotatable bonds is 4. The molecule has 0 aliphatic heterocycles. The number of carbonyl (C=O) groups is 1. The zero-order valence-corrected chi connectivity index (χ0v) is 14.5. The third-order valence-corrected chi connectivity index (χ3v) is 4.22. The van der Waals surface area contributed by atoms with Gasteiger partial charge in [-0.05, 0) is 13.0 Å². The molecule has 124 valence electrons. The Bertz CT molecular complexity index is 846. The molecule has 0 bridgehead atoms. The van der Waals surface area contributed by atoms with Crippen molar-refractivity contribution in [3.05, 3.63) is 58.5 Å². The fourth-order valence-corrected chi connectivity index (χ4v) is 2.65. The summed E-state index contributed by atoms with van der Waals surface area (Å²) >= 11 is 6.10. The second kappa shape index (κ2) is 6.49. The Morgan fingerprint density at radius 2 is 2.04 bits per heavy atom. The van der Waals surface area contributed by atoms with Crippen LogP contribution in [0.5, 0.6) is 0 Å². The maximum atomic E-state index is 12.6. The highest BCUT2D eigenvalue weighted by molar-refractivity contribution is 6.31. The van der Waals surface area contributed by atoms with E-state index in [4.69, 9.17) is 11.6 Å². The zero-order valence-electron chi connectivity index (χ0n) is 13.7. The van der Waals surface area contributed by atoms with Crippen molar-refractivity contribution < 1.29 is 4.79 Å². The Labute approximate surface area is 145 Å². The lowest BCUT2D eigenvalue weighted by atomic mass is 10.1. The van der Waals surface area contributed by atoms with Crippen LogP contribution in [0, 0.1) is 6.92 Å². The topological polar surface area (TPSA) is 66.8 Å². The first-order valence-electron chi connectivity index (χ1n) is 7.50. The van der Waals surface area contributed by atoms with E-state index in [1.807, 2.05) is 31.2 Å². The number of aromatic amines is 1. The summed E-state index contributed by atoms with van der Waals surface area (Å²) in [5, 5.41) is 11.7. The van der Waals surface area contributed by atoms with Crippen molar-refractivity contribution in [1.82, 2.24) is 24.9 Å². The van der Waals surface area contributed by atoms with E-state index in [0.717, 1.165) is 17.0 Å². The maximum absolute atomic E-state index is 12.6. The van der Waals surface area contributed by atoms with E-state index in [2.05, 4.69) is 15.3 Å². The van der Waals surface area contributed by atoms with Crippen molar-refractivity contribution in [3.63, 3.8) is 0 Å². The van der Waals surface area contributed by atoms with Gasteiger partial charge in [0, 0.05) is 19.7 Å². The Morgan fingerprint density at radius 3 is 2.67 bits per heavy atom. The van der Waals surface area contributed by atoms with Crippen LogP contribution in [-0.4, -0.2) is 37.8 Å². The van der Waals surface area contributed by atoms with E-state index >= 15 is 0 Å². The van der Waals surface area contributed by atoms with Crippen LogP contribution in [-0.2, 0) is 13.6 Å². The standard InChI is InChI=1S/C17H18ClN5O/c1-11-4-6-12(7-5-11)14-8-15(21-20-14)17(24)22(2)10-16-13(18)9-19-23(16)3/h4-9H,10H2,1-3H3,(H,20,21). The number of amides is 1. The van der Waals surface area contributed by atoms with Gasteiger partial charge in [0.1, 0.15) is 5.69 Å². The number of H-pyrrole nitrogens is 1. The summed E-state index contributed by atoms with van der Waals surface area (Å²) in [4.78, 5) is 14.2. The predicted molar refractivity (Wildman–Crippen MR) is 92.8 cm³/mol. The molecule has 0 saturated heterocycles.